The monoisotopic (exact) mass is 358 g/mol. The first kappa shape index (κ1) is 14.8. The summed E-state index contributed by atoms with van der Waals surface area (Å²) in [5, 5.41) is 0. The van der Waals surface area contributed by atoms with Crippen LogP contribution < -0.4 is 10.9 Å². The van der Waals surface area contributed by atoms with Crippen LogP contribution in [-0.4, -0.2) is 11.8 Å². The second-order valence-corrected chi connectivity index (χ2v) is 6.08. The van der Waals surface area contributed by atoms with Gasteiger partial charge in [-0.15, -0.1) is 0 Å². The summed E-state index contributed by atoms with van der Waals surface area (Å²) in [5.41, 5.74) is 8.47. The molecule has 0 bridgehead atoms. The number of aryl methyl sites for hydroxylation is 2. The van der Waals surface area contributed by atoms with E-state index in [0.717, 1.165) is 19.3 Å². The van der Waals surface area contributed by atoms with E-state index in [2.05, 4.69) is 26.8 Å². The van der Waals surface area contributed by atoms with Crippen molar-refractivity contribution in [2.45, 2.75) is 19.3 Å². The van der Waals surface area contributed by atoms with Crippen LogP contribution >= 0.6 is 15.9 Å². The molecule has 0 unspecified atom stereocenters. The highest BCUT2D eigenvalue weighted by Crippen LogP contribution is 2.22. The molecule has 0 radical (unpaired) electrons. The molecule has 0 saturated heterocycles. The van der Waals surface area contributed by atoms with Crippen molar-refractivity contribution in [3.63, 3.8) is 0 Å². The number of rotatable bonds is 2. The van der Waals surface area contributed by atoms with Crippen molar-refractivity contribution in [3.05, 3.63) is 69.2 Å². The van der Waals surface area contributed by atoms with Crippen molar-refractivity contribution >= 4 is 27.7 Å². The number of amides is 2. The summed E-state index contributed by atoms with van der Waals surface area (Å²) in [5.74, 6) is -0.669. The topological polar surface area (TPSA) is 58.2 Å². The Bertz CT molecular complexity index is 743. The van der Waals surface area contributed by atoms with Gasteiger partial charge in [0.1, 0.15) is 0 Å². The molecule has 0 fully saturated rings. The van der Waals surface area contributed by atoms with E-state index >= 15 is 0 Å². The molecule has 4 nitrogen and oxygen atoms in total. The lowest BCUT2D eigenvalue weighted by Gasteiger charge is -2.09. The third kappa shape index (κ3) is 3.04. The number of nitrogens with one attached hydrogen (secondary N) is 2. The van der Waals surface area contributed by atoms with E-state index in [-0.39, 0.29) is 11.8 Å². The summed E-state index contributed by atoms with van der Waals surface area (Å²) in [6.45, 7) is 0. The maximum absolute atomic E-state index is 12.1. The minimum absolute atomic E-state index is 0.310. The van der Waals surface area contributed by atoms with Gasteiger partial charge in [-0.2, -0.15) is 0 Å². The molecule has 112 valence electrons. The van der Waals surface area contributed by atoms with Gasteiger partial charge in [0.25, 0.3) is 11.8 Å². The maximum Gasteiger partial charge on any atom is 0.270 e. The minimum Gasteiger partial charge on any atom is -0.267 e. The molecule has 1 aliphatic carbocycles. The molecule has 2 aromatic rings. The largest absolute Gasteiger partial charge is 0.270 e. The fraction of sp³-hybridized carbons (Fsp3) is 0.176. The Morgan fingerprint density at radius 3 is 2.45 bits per heavy atom. The van der Waals surface area contributed by atoms with Crippen LogP contribution in [0.3, 0.4) is 0 Å². The van der Waals surface area contributed by atoms with Crippen LogP contribution in [0.2, 0.25) is 0 Å². The van der Waals surface area contributed by atoms with E-state index in [1.807, 2.05) is 18.2 Å². The van der Waals surface area contributed by atoms with Crippen LogP contribution in [-0.2, 0) is 12.8 Å². The summed E-state index contributed by atoms with van der Waals surface area (Å²) < 4.78 is 0.680. The lowest BCUT2D eigenvalue weighted by atomic mass is 10.1. The van der Waals surface area contributed by atoms with Gasteiger partial charge >= 0.3 is 0 Å². The quantitative estimate of drug-likeness (QED) is 0.810. The standard InChI is InChI=1S/C17H15BrN2O2/c18-15-7-2-1-6-14(15)17(22)20-19-16(21)13-9-8-11-4-3-5-12(11)10-13/h1-2,6-10H,3-5H2,(H,19,21)(H,20,22). The Kier molecular flexibility index (Phi) is 4.24. The van der Waals surface area contributed by atoms with Gasteiger partial charge in [-0.25, -0.2) is 0 Å². The van der Waals surface area contributed by atoms with Gasteiger partial charge < -0.3 is 0 Å². The minimum atomic E-state index is -0.359. The average Bonchev–Trinajstić information content (AvgIpc) is 3.00. The molecule has 5 heteroatoms. The molecular formula is C17H15BrN2O2. The van der Waals surface area contributed by atoms with Gasteiger partial charge in [-0.1, -0.05) is 18.2 Å². The Labute approximate surface area is 137 Å². The highest BCUT2D eigenvalue weighted by atomic mass is 79.9. The fourth-order valence-corrected chi connectivity index (χ4v) is 3.08. The predicted octanol–water partition coefficient (Wildman–Crippen LogP) is 3.01. The summed E-state index contributed by atoms with van der Waals surface area (Å²) >= 11 is 3.31. The molecule has 2 amide bonds. The molecule has 0 saturated carbocycles. The van der Waals surface area contributed by atoms with Crippen molar-refractivity contribution < 1.29 is 9.59 Å². The van der Waals surface area contributed by atoms with Crippen LogP contribution in [0.25, 0.3) is 0 Å². The second kappa shape index (κ2) is 6.32. The molecule has 0 heterocycles. The van der Waals surface area contributed by atoms with Crippen LogP contribution in [0, 0.1) is 0 Å². The normalized spacial score (nSPS) is 12.6. The van der Waals surface area contributed by atoms with E-state index in [4.69, 9.17) is 0 Å². The lowest BCUT2D eigenvalue weighted by molar-refractivity contribution is 0.0846. The second-order valence-electron chi connectivity index (χ2n) is 5.23. The van der Waals surface area contributed by atoms with Crippen molar-refractivity contribution in [2.24, 2.45) is 0 Å². The number of carbonyl (C=O) groups excluding carboxylic acids is 2. The Balaban J connectivity index is 1.65. The molecular weight excluding hydrogens is 344 g/mol. The summed E-state index contributed by atoms with van der Waals surface area (Å²) in [4.78, 5) is 24.2. The number of carbonyl (C=O) groups is 2. The van der Waals surface area contributed by atoms with E-state index in [1.54, 1.807) is 24.3 Å². The Morgan fingerprint density at radius 2 is 1.64 bits per heavy atom. The first-order chi connectivity index (χ1) is 10.6. The average molecular weight is 359 g/mol. The number of hydrazine groups is 1. The SMILES string of the molecule is O=C(NNC(=O)c1ccccc1Br)c1ccc2c(c1)CCC2. The van der Waals surface area contributed by atoms with E-state index in [9.17, 15) is 9.59 Å². The maximum atomic E-state index is 12.1. The Hall–Kier alpha value is -2.14. The number of hydrogen-bond acceptors (Lipinski definition) is 2. The molecule has 1 aliphatic rings. The smallest absolute Gasteiger partial charge is 0.267 e. The number of halogens is 1. The van der Waals surface area contributed by atoms with E-state index < -0.39 is 0 Å². The zero-order valence-electron chi connectivity index (χ0n) is 11.9. The van der Waals surface area contributed by atoms with E-state index in [0.29, 0.717) is 15.6 Å². The van der Waals surface area contributed by atoms with E-state index in [1.165, 1.54) is 11.1 Å². The first-order valence-corrected chi connectivity index (χ1v) is 7.91. The summed E-state index contributed by atoms with van der Waals surface area (Å²) in [6, 6.07) is 12.7. The van der Waals surface area contributed by atoms with Gasteiger partial charge in [0.2, 0.25) is 0 Å². The molecule has 0 aliphatic heterocycles. The fourth-order valence-electron chi connectivity index (χ4n) is 2.61. The zero-order valence-corrected chi connectivity index (χ0v) is 13.4. The van der Waals surface area contributed by atoms with Crippen LogP contribution in [0.15, 0.2) is 46.9 Å². The third-order valence-corrected chi connectivity index (χ3v) is 4.46. The number of benzene rings is 2. The molecule has 22 heavy (non-hydrogen) atoms. The molecule has 0 atom stereocenters. The van der Waals surface area contributed by atoms with Crippen LogP contribution in [0.1, 0.15) is 38.3 Å². The van der Waals surface area contributed by atoms with Crippen molar-refractivity contribution in [3.8, 4) is 0 Å². The molecule has 0 spiro atoms. The number of hydrogen-bond donors (Lipinski definition) is 2. The first-order valence-electron chi connectivity index (χ1n) is 7.12. The van der Waals surface area contributed by atoms with Crippen LogP contribution in [0.5, 0.6) is 0 Å². The Morgan fingerprint density at radius 1 is 0.909 bits per heavy atom. The van der Waals surface area contributed by atoms with Crippen molar-refractivity contribution in [2.75, 3.05) is 0 Å². The lowest BCUT2D eigenvalue weighted by Crippen LogP contribution is -2.41. The molecule has 3 rings (SSSR count). The predicted molar refractivity (Wildman–Crippen MR) is 87.5 cm³/mol. The van der Waals surface area contributed by atoms with Gasteiger partial charge in [0.05, 0.1) is 5.56 Å². The highest BCUT2D eigenvalue weighted by Gasteiger charge is 2.15. The van der Waals surface area contributed by atoms with Gasteiger partial charge in [-0.05, 0) is 70.6 Å². The van der Waals surface area contributed by atoms with Crippen LogP contribution in [0.4, 0.5) is 0 Å². The summed E-state index contributed by atoms with van der Waals surface area (Å²) in [7, 11) is 0. The third-order valence-electron chi connectivity index (χ3n) is 3.77. The van der Waals surface area contributed by atoms with Crippen molar-refractivity contribution in [1.29, 1.82) is 0 Å². The molecule has 2 N–H and O–H groups in total. The van der Waals surface area contributed by atoms with Crippen molar-refractivity contribution in [1.82, 2.24) is 10.9 Å². The molecule has 0 aromatic heterocycles. The van der Waals surface area contributed by atoms with Gasteiger partial charge in [0, 0.05) is 10.0 Å². The van der Waals surface area contributed by atoms with Gasteiger partial charge in [-0.3, -0.25) is 20.4 Å². The highest BCUT2D eigenvalue weighted by molar-refractivity contribution is 9.10. The zero-order chi connectivity index (χ0) is 15.5. The number of fused-ring (bicyclic) bond motifs is 1. The summed E-state index contributed by atoms with van der Waals surface area (Å²) in [6.07, 6.45) is 3.23. The van der Waals surface area contributed by atoms with Gasteiger partial charge in [0.15, 0.2) is 0 Å². The molecule has 2 aromatic carbocycles.